The van der Waals surface area contributed by atoms with Crippen molar-refractivity contribution in [1.82, 2.24) is 10.7 Å². The third-order valence-electron chi connectivity index (χ3n) is 3.80. The molecule has 0 bridgehead atoms. The van der Waals surface area contributed by atoms with Crippen molar-refractivity contribution in [3.8, 4) is 11.5 Å². The highest BCUT2D eigenvalue weighted by Gasteiger charge is 2.20. The molecule has 0 saturated heterocycles. The first-order valence-electron chi connectivity index (χ1n) is 8.70. The van der Waals surface area contributed by atoms with E-state index < -0.39 is 24.6 Å². The number of alkyl carbamates (subject to hydrolysis) is 1. The van der Waals surface area contributed by atoms with Gasteiger partial charge in [0, 0.05) is 0 Å². The van der Waals surface area contributed by atoms with Crippen LogP contribution in [-0.4, -0.2) is 50.2 Å². The van der Waals surface area contributed by atoms with Crippen LogP contribution in [0.4, 0.5) is 4.79 Å². The van der Waals surface area contributed by atoms with Crippen LogP contribution >= 0.6 is 0 Å². The Kier molecular flexibility index (Phi) is 8.46. The van der Waals surface area contributed by atoms with Gasteiger partial charge in [0.25, 0.3) is 5.91 Å². The molecule has 2 rings (SSSR count). The molecule has 0 aliphatic heterocycles. The Morgan fingerprint density at radius 3 is 2.48 bits per heavy atom. The van der Waals surface area contributed by atoms with Crippen molar-refractivity contribution in [1.29, 1.82) is 0 Å². The van der Waals surface area contributed by atoms with Crippen molar-refractivity contribution in [2.24, 2.45) is 5.10 Å². The fourth-order valence-electron chi connectivity index (χ4n) is 2.28. The van der Waals surface area contributed by atoms with Crippen LogP contribution < -0.4 is 20.2 Å². The van der Waals surface area contributed by atoms with Gasteiger partial charge in [-0.1, -0.05) is 30.3 Å². The highest BCUT2D eigenvalue weighted by atomic mass is 16.5. The standard InChI is InChI=1S/C20H23N3O6/c1-27-17-9-8-15(10-18(17)28-2)11-21-23-19(25)16(12-24)22-20(26)29-13-14-6-4-3-5-7-14/h3-11,16,24H,12-13H2,1-2H3,(H,22,26)(H,23,25)/b21-11+/t16-/m0/s1. The number of hydrogen-bond acceptors (Lipinski definition) is 7. The maximum Gasteiger partial charge on any atom is 0.408 e. The van der Waals surface area contributed by atoms with Crippen LogP contribution in [0.25, 0.3) is 0 Å². The van der Waals surface area contributed by atoms with E-state index in [4.69, 9.17) is 14.2 Å². The summed E-state index contributed by atoms with van der Waals surface area (Å²) >= 11 is 0. The Hall–Kier alpha value is -3.59. The second kappa shape index (κ2) is 11.3. The summed E-state index contributed by atoms with van der Waals surface area (Å²) in [6.45, 7) is -0.567. The second-order valence-corrected chi connectivity index (χ2v) is 5.79. The van der Waals surface area contributed by atoms with Gasteiger partial charge in [-0.2, -0.15) is 5.10 Å². The molecule has 1 atom stereocenters. The molecule has 9 nitrogen and oxygen atoms in total. The number of aliphatic hydroxyl groups is 1. The molecule has 9 heteroatoms. The normalized spacial score (nSPS) is 11.6. The number of methoxy groups -OCH3 is 2. The van der Waals surface area contributed by atoms with Gasteiger partial charge >= 0.3 is 6.09 Å². The molecule has 0 heterocycles. The smallest absolute Gasteiger partial charge is 0.408 e. The number of hydrazone groups is 1. The number of ether oxygens (including phenoxy) is 3. The van der Waals surface area contributed by atoms with Gasteiger partial charge in [0.05, 0.1) is 27.0 Å². The molecular formula is C20H23N3O6. The fraction of sp³-hybridized carbons (Fsp3) is 0.250. The van der Waals surface area contributed by atoms with E-state index in [2.05, 4.69) is 15.8 Å². The Bertz CT molecular complexity index is 841. The van der Waals surface area contributed by atoms with Crippen LogP contribution in [-0.2, 0) is 16.1 Å². The number of nitrogens with one attached hydrogen (secondary N) is 2. The van der Waals surface area contributed by atoms with E-state index in [0.29, 0.717) is 17.1 Å². The minimum atomic E-state index is -1.21. The maximum absolute atomic E-state index is 12.1. The summed E-state index contributed by atoms with van der Waals surface area (Å²) in [4.78, 5) is 23.9. The first-order valence-corrected chi connectivity index (χ1v) is 8.70. The zero-order chi connectivity index (χ0) is 21.1. The Morgan fingerprint density at radius 2 is 1.83 bits per heavy atom. The molecular weight excluding hydrogens is 378 g/mol. The van der Waals surface area contributed by atoms with Gasteiger partial charge < -0.3 is 24.6 Å². The van der Waals surface area contributed by atoms with E-state index in [1.54, 1.807) is 30.3 Å². The highest BCUT2D eigenvalue weighted by Crippen LogP contribution is 2.26. The fourth-order valence-corrected chi connectivity index (χ4v) is 2.28. The van der Waals surface area contributed by atoms with Crippen LogP contribution in [0.3, 0.4) is 0 Å². The van der Waals surface area contributed by atoms with Crippen LogP contribution in [0.1, 0.15) is 11.1 Å². The van der Waals surface area contributed by atoms with E-state index in [0.717, 1.165) is 5.56 Å². The zero-order valence-corrected chi connectivity index (χ0v) is 16.1. The van der Waals surface area contributed by atoms with Gasteiger partial charge in [-0.15, -0.1) is 0 Å². The van der Waals surface area contributed by atoms with Crippen molar-refractivity contribution in [2.45, 2.75) is 12.6 Å². The van der Waals surface area contributed by atoms with E-state index in [-0.39, 0.29) is 6.61 Å². The minimum Gasteiger partial charge on any atom is -0.493 e. The molecule has 0 aromatic heterocycles. The quantitative estimate of drug-likeness (QED) is 0.432. The molecule has 3 N–H and O–H groups in total. The topological polar surface area (TPSA) is 118 Å². The monoisotopic (exact) mass is 401 g/mol. The summed E-state index contributed by atoms with van der Waals surface area (Å²) in [6.07, 6.45) is 0.564. The number of carbonyl (C=O) groups excluding carboxylic acids is 2. The van der Waals surface area contributed by atoms with Gasteiger partial charge in [0.15, 0.2) is 11.5 Å². The molecule has 154 valence electrons. The van der Waals surface area contributed by atoms with Crippen molar-refractivity contribution < 1.29 is 28.9 Å². The van der Waals surface area contributed by atoms with Crippen LogP contribution in [0, 0.1) is 0 Å². The van der Waals surface area contributed by atoms with E-state index in [1.807, 2.05) is 18.2 Å². The van der Waals surface area contributed by atoms with E-state index in [9.17, 15) is 14.7 Å². The van der Waals surface area contributed by atoms with Crippen LogP contribution in [0.2, 0.25) is 0 Å². The summed E-state index contributed by atoms with van der Waals surface area (Å²) < 4.78 is 15.4. The summed E-state index contributed by atoms with van der Waals surface area (Å²) in [5.41, 5.74) is 3.71. The predicted octanol–water partition coefficient (Wildman–Crippen LogP) is 1.44. The maximum atomic E-state index is 12.1. The Balaban J connectivity index is 1.85. The number of rotatable bonds is 9. The lowest BCUT2D eigenvalue weighted by Gasteiger charge is -2.14. The number of nitrogens with zero attached hydrogens (tertiary/aromatic N) is 1. The number of aliphatic hydroxyl groups excluding tert-OH is 1. The molecule has 0 aliphatic rings. The Morgan fingerprint density at radius 1 is 1.10 bits per heavy atom. The summed E-state index contributed by atoms with van der Waals surface area (Å²) in [6, 6.07) is 13.0. The van der Waals surface area contributed by atoms with Crippen molar-refractivity contribution in [3.05, 3.63) is 59.7 Å². The zero-order valence-electron chi connectivity index (χ0n) is 16.1. The average Bonchev–Trinajstić information content (AvgIpc) is 2.76. The Labute approximate surface area is 168 Å². The lowest BCUT2D eigenvalue weighted by molar-refractivity contribution is -0.123. The molecule has 2 aromatic rings. The molecule has 0 aliphatic carbocycles. The molecule has 0 saturated carbocycles. The first-order chi connectivity index (χ1) is 14.1. The van der Waals surface area contributed by atoms with Crippen molar-refractivity contribution >= 4 is 18.2 Å². The van der Waals surface area contributed by atoms with E-state index in [1.165, 1.54) is 20.4 Å². The molecule has 0 spiro atoms. The SMILES string of the molecule is COc1ccc(/C=N/NC(=O)[C@H](CO)NC(=O)OCc2ccccc2)cc1OC. The number of benzene rings is 2. The lowest BCUT2D eigenvalue weighted by atomic mass is 10.2. The van der Waals surface area contributed by atoms with Gasteiger partial charge in [-0.25, -0.2) is 10.2 Å². The van der Waals surface area contributed by atoms with Crippen LogP contribution in [0.15, 0.2) is 53.6 Å². The van der Waals surface area contributed by atoms with Gasteiger partial charge in [0.1, 0.15) is 12.6 Å². The first kappa shape index (κ1) is 21.7. The summed E-state index contributed by atoms with van der Waals surface area (Å²) in [5.74, 6) is 0.381. The van der Waals surface area contributed by atoms with Gasteiger partial charge in [0.2, 0.25) is 0 Å². The average molecular weight is 401 g/mol. The molecule has 0 unspecified atom stereocenters. The number of hydrogen-bond donors (Lipinski definition) is 3. The van der Waals surface area contributed by atoms with E-state index >= 15 is 0 Å². The molecule has 0 fully saturated rings. The van der Waals surface area contributed by atoms with Crippen LogP contribution in [0.5, 0.6) is 11.5 Å². The van der Waals surface area contributed by atoms with Crippen molar-refractivity contribution in [3.63, 3.8) is 0 Å². The largest absolute Gasteiger partial charge is 0.493 e. The summed E-state index contributed by atoms with van der Waals surface area (Å²) in [7, 11) is 3.04. The third kappa shape index (κ3) is 6.82. The minimum absolute atomic E-state index is 0.0455. The summed E-state index contributed by atoms with van der Waals surface area (Å²) in [5, 5.41) is 15.5. The lowest BCUT2D eigenvalue weighted by Crippen LogP contribution is -2.47. The van der Waals surface area contributed by atoms with Crippen molar-refractivity contribution in [2.75, 3.05) is 20.8 Å². The van der Waals surface area contributed by atoms with Gasteiger partial charge in [-0.05, 0) is 29.3 Å². The third-order valence-corrected chi connectivity index (χ3v) is 3.80. The molecule has 2 aromatic carbocycles. The molecule has 2 amide bonds. The molecule has 29 heavy (non-hydrogen) atoms. The van der Waals surface area contributed by atoms with Gasteiger partial charge in [-0.3, -0.25) is 4.79 Å². The highest BCUT2D eigenvalue weighted by molar-refractivity contribution is 5.87. The molecule has 0 radical (unpaired) electrons. The predicted molar refractivity (Wildman–Crippen MR) is 106 cm³/mol. The number of amides is 2. The second-order valence-electron chi connectivity index (χ2n) is 5.79. The number of carbonyl (C=O) groups is 2.